The molecule has 3 amide bonds. The van der Waals surface area contributed by atoms with Crippen LogP contribution in [0.15, 0.2) is 48.5 Å². The first-order valence-corrected chi connectivity index (χ1v) is 9.75. The molecular formula is C21H22ClN3O4. The van der Waals surface area contributed by atoms with Gasteiger partial charge in [-0.15, -0.1) is 0 Å². The first-order chi connectivity index (χ1) is 14.0. The van der Waals surface area contributed by atoms with Crippen molar-refractivity contribution in [2.24, 2.45) is 0 Å². The second-order valence-electron chi connectivity index (χ2n) is 6.59. The van der Waals surface area contributed by atoms with E-state index in [4.69, 9.17) is 16.3 Å². The Bertz CT molecular complexity index is 862. The predicted octanol–water partition coefficient (Wildman–Crippen LogP) is 2.62. The van der Waals surface area contributed by atoms with Crippen LogP contribution in [-0.4, -0.2) is 43.5 Å². The molecule has 0 aliphatic carbocycles. The molecule has 2 aromatic rings. The van der Waals surface area contributed by atoms with Crippen LogP contribution < -0.4 is 16.0 Å². The van der Waals surface area contributed by atoms with Crippen LogP contribution >= 0.6 is 11.6 Å². The second kappa shape index (κ2) is 10.0. The standard InChI is InChI=1S/C21H22ClN3O4/c22-16-7-3-15(4-8-16)20(27)25-17-9-5-14(6-10-17)19(26)23-11-12-24-21(28)18-2-1-13-29-18/h3-10,18H,1-2,11-13H2,(H,23,26)(H,24,28)(H,25,27). The second-order valence-corrected chi connectivity index (χ2v) is 7.02. The molecule has 2 aromatic carbocycles. The number of nitrogens with one attached hydrogen (secondary N) is 3. The van der Waals surface area contributed by atoms with Crippen molar-refractivity contribution in [1.82, 2.24) is 10.6 Å². The predicted molar refractivity (Wildman–Crippen MR) is 110 cm³/mol. The third-order valence-corrected chi connectivity index (χ3v) is 4.70. The van der Waals surface area contributed by atoms with E-state index in [9.17, 15) is 14.4 Å². The molecule has 1 saturated heterocycles. The summed E-state index contributed by atoms with van der Waals surface area (Å²) in [7, 11) is 0. The van der Waals surface area contributed by atoms with E-state index in [2.05, 4.69) is 16.0 Å². The van der Waals surface area contributed by atoms with Crippen molar-refractivity contribution in [2.45, 2.75) is 18.9 Å². The summed E-state index contributed by atoms with van der Waals surface area (Å²) in [5.41, 5.74) is 1.52. The van der Waals surface area contributed by atoms with Gasteiger partial charge in [-0.3, -0.25) is 14.4 Å². The lowest BCUT2D eigenvalue weighted by molar-refractivity contribution is -0.129. The Morgan fingerprint density at radius 2 is 1.52 bits per heavy atom. The van der Waals surface area contributed by atoms with Crippen molar-refractivity contribution in [3.63, 3.8) is 0 Å². The Balaban J connectivity index is 1.42. The molecule has 3 rings (SSSR count). The van der Waals surface area contributed by atoms with Gasteiger partial charge in [0.15, 0.2) is 0 Å². The molecule has 7 nitrogen and oxygen atoms in total. The number of amides is 3. The lowest BCUT2D eigenvalue weighted by atomic mass is 10.1. The zero-order valence-electron chi connectivity index (χ0n) is 15.7. The molecule has 1 aliphatic rings. The Hall–Kier alpha value is -2.90. The van der Waals surface area contributed by atoms with E-state index in [0.29, 0.717) is 41.5 Å². The van der Waals surface area contributed by atoms with Gasteiger partial charge >= 0.3 is 0 Å². The van der Waals surface area contributed by atoms with Crippen LogP contribution in [0.2, 0.25) is 5.02 Å². The molecule has 0 aromatic heterocycles. The van der Waals surface area contributed by atoms with Gasteiger partial charge in [-0.1, -0.05) is 11.6 Å². The van der Waals surface area contributed by atoms with Crippen molar-refractivity contribution < 1.29 is 19.1 Å². The van der Waals surface area contributed by atoms with E-state index in [1.54, 1.807) is 48.5 Å². The molecule has 1 atom stereocenters. The summed E-state index contributed by atoms with van der Waals surface area (Å²) in [4.78, 5) is 36.2. The summed E-state index contributed by atoms with van der Waals surface area (Å²) in [5.74, 6) is -0.662. The lowest BCUT2D eigenvalue weighted by Crippen LogP contribution is -2.39. The van der Waals surface area contributed by atoms with Crippen molar-refractivity contribution in [3.05, 3.63) is 64.7 Å². The van der Waals surface area contributed by atoms with E-state index in [1.165, 1.54) is 0 Å². The lowest BCUT2D eigenvalue weighted by Gasteiger charge is -2.11. The van der Waals surface area contributed by atoms with Crippen LogP contribution in [0.25, 0.3) is 0 Å². The van der Waals surface area contributed by atoms with Crippen LogP contribution in [0.1, 0.15) is 33.6 Å². The highest BCUT2D eigenvalue weighted by Gasteiger charge is 2.22. The number of carbonyl (C=O) groups is 3. The van der Waals surface area contributed by atoms with E-state index >= 15 is 0 Å². The van der Waals surface area contributed by atoms with E-state index in [1.807, 2.05) is 0 Å². The molecule has 0 radical (unpaired) electrons. The average molecular weight is 416 g/mol. The van der Waals surface area contributed by atoms with Crippen LogP contribution in [0.3, 0.4) is 0 Å². The van der Waals surface area contributed by atoms with Crippen molar-refractivity contribution in [3.8, 4) is 0 Å². The van der Waals surface area contributed by atoms with E-state index in [0.717, 1.165) is 12.8 Å². The third kappa shape index (κ3) is 6.04. The first kappa shape index (κ1) is 20.8. The highest BCUT2D eigenvalue weighted by molar-refractivity contribution is 6.30. The van der Waals surface area contributed by atoms with Gasteiger partial charge in [0.2, 0.25) is 5.91 Å². The minimum atomic E-state index is -0.374. The largest absolute Gasteiger partial charge is 0.368 e. The average Bonchev–Trinajstić information content (AvgIpc) is 3.27. The minimum absolute atomic E-state index is 0.141. The first-order valence-electron chi connectivity index (χ1n) is 9.37. The van der Waals surface area contributed by atoms with Crippen LogP contribution in [0.5, 0.6) is 0 Å². The number of benzene rings is 2. The van der Waals surface area contributed by atoms with Gasteiger partial charge < -0.3 is 20.7 Å². The summed E-state index contributed by atoms with van der Waals surface area (Å²) in [5, 5.41) is 8.81. The quantitative estimate of drug-likeness (QED) is 0.605. The minimum Gasteiger partial charge on any atom is -0.368 e. The number of rotatable bonds is 7. The summed E-state index contributed by atoms with van der Waals surface area (Å²) in [6, 6.07) is 13.1. The Morgan fingerprint density at radius 1 is 0.897 bits per heavy atom. The Labute approximate surface area is 173 Å². The summed E-state index contributed by atoms with van der Waals surface area (Å²) >= 11 is 5.82. The maximum Gasteiger partial charge on any atom is 0.255 e. The fourth-order valence-corrected chi connectivity index (χ4v) is 3.00. The summed E-state index contributed by atoms with van der Waals surface area (Å²) in [6.07, 6.45) is 1.26. The molecule has 152 valence electrons. The highest BCUT2D eigenvalue weighted by atomic mass is 35.5. The molecule has 1 unspecified atom stereocenters. The molecular weight excluding hydrogens is 394 g/mol. The van der Waals surface area contributed by atoms with Gasteiger partial charge in [0.1, 0.15) is 6.10 Å². The summed E-state index contributed by atoms with van der Waals surface area (Å²) < 4.78 is 5.30. The number of ether oxygens (including phenoxy) is 1. The molecule has 1 aliphatic heterocycles. The number of halogens is 1. The topological polar surface area (TPSA) is 96.5 Å². The van der Waals surface area contributed by atoms with E-state index in [-0.39, 0.29) is 23.8 Å². The van der Waals surface area contributed by atoms with Crippen molar-refractivity contribution in [2.75, 3.05) is 25.0 Å². The van der Waals surface area contributed by atoms with Gasteiger partial charge in [-0.25, -0.2) is 0 Å². The van der Waals surface area contributed by atoms with Crippen molar-refractivity contribution >= 4 is 35.0 Å². The molecule has 0 spiro atoms. The van der Waals surface area contributed by atoms with Crippen LogP contribution in [-0.2, 0) is 9.53 Å². The monoisotopic (exact) mass is 415 g/mol. The molecule has 1 fully saturated rings. The SMILES string of the molecule is O=C(NCCNC(=O)C1CCCO1)c1ccc(NC(=O)c2ccc(Cl)cc2)cc1. The summed E-state index contributed by atoms with van der Waals surface area (Å²) in [6.45, 7) is 1.26. The molecule has 8 heteroatoms. The molecule has 0 bridgehead atoms. The van der Waals surface area contributed by atoms with Gasteiger partial charge in [0, 0.05) is 41.5 Å². The third-order valence-electron chi connectivity index (χ3n) is 4.44. The molecule has 29 heavy (non-hydrogen) atoms. The number of carbonyl (C=O) groups excluding carboxylic acids is 3. The van der Waals surface area contributed by atoms with Crippen LogP contribution in [0.4, 0.5) is 5.69 Å². The van der Waals surface area contributed by atoms with Crippen molar-refractivity contribution in [1.29, 1.82) is 0 Å². The number of anilines is 1. The van der Waals surface area contributed by atoms with Gasteiger partial charge in [-0.2, -0.15) is 0 Å². The molecule has 0 saturated carbocycles. The zero-order chi connectivity index (χ0) is 20.6. The highest BCUT2D eigenvalue weighted by Crippen LogP contribution is 2.14. The maximum absolute atomic E-state index is 12.2. The fourth-order valence-electron chi connectivity index (χ4n) is 2.87. The normalized spacial score (nSPS) is 15.6. The van der Waals surface area contributed by atoms with E-state index < -0.39 is 0 Å². The molecule has 3 N–H and O–H groups in total. The van der Waals surface area contributed by atoms with Crippen LogP contribution in [0, 0.1) is 0 Å². The maximum atomic E-state index is 12.2. The fraction of sp³-hybridized carbons (Fsp3) is 0.286. The van der Waals surface area contributed by atoms with Gasteiger partial charge in [0.25, 0.3) is 11.8 Å². The van der Waals surface area contributed by atoms with Gasteiger partial charge in [-0.05, 0) is 61.4 Å². The Morgan fingerprint density at radius 3 is 2.17 bits per heavy atom. The Kier molecular flexibility index (Phi) is 7.21. The smallest absolute Gasteiger partial charge is 0.255 e. The zero-order valence-corrected chi connectivity index (χ0v) is 16.5. The number of hydrogen-bond acceptors (Lipinski definition) is 4. The number of hydrogen-bond donors (Lipinski definition) is 3. The van der Waals surface area contributed by atoms with Gasteiger partial charge in [0.05, 0.1) is 0 Å². The molecule has 1 heterocycles.